The number of aromatic nitrogens is 3. The minimum absolute atomic E-state index is 0.656. The van der Waals surface area contributed by atoms with Crippen LogP contribution in [0.5, 0.6) is 0 Å². The van der Waals surface area contributed by atoms with E-state index in [4.69, 9.17) is 0 Å². The predicted octanol–water partition coefficient (Wildman–Crippen LogP) is 2.54. The SMILES string of the molecule is Cc1ccc(-c2n[nH]c(Br)n2)cc1. The van der Waals surface area contributed by atoms with Gasteiger partial charge in [-0.2, -0.15) is 5.10 Å². The van der Waals surface area contributed by atoms with Crippen LogP contribution >= 0.6 is 15.9 Å². The largest absolute Gasteiger partial charge is 0.253 e. The molecule has 1 aromatic carbocycles. The quantitative estimate of drug-likeness (QED) is 0.829. The van der Waals surface area contributed by atoms with Crippen molar-refractivity contribution in [2.75, 3.05) is 0 Å². The first kappa shape index (κ1) is 8.44. The molecule has 4 heteroatoms. The second kappa shape index (κ2) is 3.30. The number of aryl methyl sites for hydroxylation is 1. The Morgan fingerprint density at radius 2 is 1.92 bits per heavy atom. The van der Waals surface area contributed by atoms with Crippen LogP contribution in [0.3, 0.4) is 0 Å². The van der Waals surface area contributed by atoms with Gasteiger partial charge in [0.1, 0.15) is 0 Å². The van der Waals surface area contributed by atoms with Crippen molar-refractivity contribution in [1.29, 1.82) is 0 Å². The molecule has 0 bridgehead atoms. The average molecular weight is 238 g/mol. The van der Waals surface area contributed by atoms with Gasteiger partial charge in [-0.15, -0.1) is 0 Å². The summed E-state index contributed by atoms with van der Waals surface area (Å²) in [6, 6.07) is 8.09. The fourth-order valence-electron chi connectivity index (χ4n) is 1.07. The number of halogens is 1. The smallest absolute Gasteiger partial charge is 0.193 e. The van der Waals surface area contributed by atoms with Crippen molar-refractivity contribution in [1.82, 2.24) is 15.2 Å². The van der Waals surface area contributed by atoms with E-state index in [0.717, 1.165) is 5.56 Å². The van der Waals surface area contributed by atoms with Gasteiger partial charge in [-0.05, 0) is 22.9 Å². The van der Waals surface area contributed by atoms with Gasteiger partial charge in [0, 0.05) is 5.56 Å². The maximum absolute atomic E-state index is 4.16. The highest BCUT2D eigenvalue weighted by Crippen LogP contribution is 2.16. The highest BCUT2D eigenvalue weighted by Gasteiger charge is 2.02. The van der Waals surface area contributed by atoms with Crippen LogP contribution in [0.25, 0.3) is 11.4 Å². The standard InChI is InChI=1S/C9H8BrN3/c1-6-2-4-7(5-3-6)8-11-9(10)13-12-8/h2-5H,1H3,(H,11,12,13). The predicted molar refractivity (Wildman–Crippen MR) is 54.3 cm³/mol. The molecule has 0 aliphatic carbocycles. The van der Waals surface area contributed by atoms with E-state index in [-0.39, 0.29) is 0 Å². The molecular weight excluding hydrogens is 230 g/mol. The Labute approximate surface area is 84.3 Å². The van der Waals surface area contributed by atoms with Gasteiger partial charge in [-0.1, -0.05) is 29.8 Å². The van der Waals surface area contributed by atoms with Crippen molar-refractivity contribution < 1.29 is 0 Å². The van der Waals surface area contributed by atoms with E-state index in [9.17, 15) is 0 Å². The Balaban J connectivity index is 2.41. The van der Waals surface area contributed by atoms with Crippen LogP contribution < -0.4 is 0 Å². The molecule has 1 aromatic heterocycles. The van der Waals surface area contributed by atoms with E-state index in [1.165, 1.54) is 5.56 Å². The highest BCUT2D eigenvalue weighted by atomic mass is 79.9. The molecule has 0 unspecified atom stereocenters. The number of hydrogen-bond donors (Lipinski definition) is 1. The summed E-state index contributed by atoms with van der Waals surface area (Å²) in [4.78, 5) is 4.16. The van der Waals surface area contributed by atoms with Crippen LogP contribution in [0.15, 0.2) is 29.0 Å². The molecule has 1 N–H and O–H groups in total. The fraction of sp³-hybridized carbons (Fsp3) is 0.111. The molecule has 0 amide bonds. The number of H-pyrrole nitrogens is 1. The van der Waals surface area contributed by atoms with Crippen molar-refractivity contribution in [2.45, 2.75) is 6.92 Å². The zero-order valence-corrected chi connectivity index (χ0v) is 8.67. The molecule has 13 heavy (non-hydrogen) atoms. The van der Waals surface area contributed by atoms with Gasteiger partial charge < -0.3 is 0 Å². The number of benzene rings is 1. The summed E-state index contributed by atoms with van der Waals surface area (Å²) in [5.74, 6) is 0.715. The lowest BCUT2D eigenvalue weighted by atomic mass is 10.1. The maximum Gasteiger partial charge on any atom is 0.193 e. The lowest BCUT2D eigenvalue weighted by molar-refractivity contribution is 1.07. The van der Waals surface area contributed by atoms with Crippen molar-refractivity contribution >= 4 is 15.9 Å². The Bertz CT molecular complexity index is 405. The Hall–Kier alpha value is -1.16. The number of rotatable bonds is 1. The second-order valence-electron chi connectivity index (χ2n) is 2.82. The minimum atomic E-state index is 0.656. The Morgan fingerprint density at radius 3 is 2.46 bits per heavy atom. The molecule has 0 saturated carbocycles. The molecule has 2 aromatic rings. The van der Waals surface area contributed by atoms with Crippen LogP contribution in [0.1, 0.15) is 5.56 Å². The molecule has 0 aliphatic heterocycles. The summed E-state index contributed by atoms with van der Waals surface area (Å²) in [7, 11) is 0. The van der Waals surface area contributed by atoms with Gasteiger partial charge in [0.05, 0.1) is 0 Å². The molecule has 3 nitrogen and oxygen atoms in total. The van der Waals surface area contributed by atoms with Gasteiger partial charge in [-0.3, -0.25) is 5.10 Å². The zero-order chi connectivity index (χ0) is 9.26. The monoisotopic (exact) mass is 237 g/mol. The van der Waals surface area contributed by atoms with Crippen LogP contribution in [0, 0.1) is 6.92 Å². The van der Waals surface area contributed by atoms with E-state index < -0.39 is 0 Å². The highest BCUT2D eigenvalue weighted by molar-refractivity contribution is 9.10. The van der Waals surface area contributed by atoms with E-state index in [1.54, 1.807) is 0 Å². The summed E-state index contributed by atoms with van der Waals surface area (Å²) in [5, 5.41) is 6.77. The van der Waals surface area contributed by atoms with Crippen molar-refractivity contribution in [3.05, 3.63) is 34.6 Å². The number of hydrogen-bond acceptors (Lipinski definition) is 2. The molecule has 0 atom stereocenters. The lowest BCUT2D eigenvalue weighted by Gasteiger charge is -1.94. The molecule has 0 aliphatic rings. The van der Waals surface area contributed by atoms with E-state index >= 15 is 0 Å². The molecule has 1 heterocycles. The third kappa shape index (κ3) is 1.78. The topological polar surface area (TPSA) is 41.6 Å². The first-order chi connectivity index (χ1) is 6.25. The maximum atomic E-state index is 4.16. The molecule has 0 spiro atoms. The first-order valence-corrected chi connectivity index (χ1v) is 4.70. The first-order valence-electron chi connectivity index (χ1n) is 3.90. The Morgan fingerprint density at radius 1 is 1.23 bits per heavy atom. The minimum Gasteiger partial charge on any atom is -0.253 e. The molecule has 0 saturated heterocycles. The van der Waals surface area contributed by atoms with Crippen LogP contribution in [0.2, 0.25) is 0 Å². The van der Waals surface area contributed by atoms with Crippen molar-refractivity contribution in [3.8, 4) is 11.4 Å². The van der Waals surface area contributed by atoms with Crippen molar-refractivity contribution in [3.63, 3.8) is 0 Å². The lowest BCUT2D eigenvalue weighted by Crippen LogP contribution is -1.80. The third-order valence-electron chi connectivity index (χ3n) is 1.77. The summed E-state index contributed by atoms with van der Waals surface area (Å²) in [6.45, 7) is 2.05. The number of aromatic amines is 1. The normalized spacial score (nSPS) is 10.3. The van der Waals surface area contributed by atoms with Crippen molar-refractivity contribution in [2.24, 2.45) is 0 Å². The Kier molecular flexibility index (Phi) is 2.14. The molecular formula is C9H8BrN3. The summed E-state index contributed by atoms with van der Waals surface area (Å²) in [6.07, 6.45) is 0. The molecule has 2 rings (SSSR count). The summed E-state index contributed by atoms with van der Waals surface area (Å²) >= 11 is 3.21. The molecule has 0 fully saturated rings. The van der Waals surface area contributed by atoms with E-state index in [1.807, 2.05) is 24.3 Å². The van der Waals surface area contributed by atoms with E-state index in [0.29, 0.717) is 10.6 Å². The number of nitrogens with zero attached hydrogens (tertiary/aromatic N) is 2. The van der Waals surface area contributed by atoms with Gasteiger partial charge in [-0.25, -0.2) is 4.98 Å². The molecule has 66 valence electrons. The van der Waals surface area contributed by atoms with E-state index in [2.05, 4.69) is 38.0 Å². The van der Waals surface area contributed by atoms with Crippen LogP contribution in [-0.4, -0.2) is 15.2 Å². The van der Waals surface area contributed by atoms with Crippen LogP contribution in [-0.2, 0) is 0 Å². The zero-order valence-electron chi connectivity index (χ0n) is 7.08. The third-order valence-corrected chi connectivity index (χ3v) is 2.12. The van der Waals surface area contributed by atoms with Crippen LogP contribution in [0.4, 0.5) is 0 Å². The van der Waals surface area contributed by atoms with Gasteiger partial charge >= 0.3 is 0 Å². The summed E-state index contributed by atoms with van der Waals surface area (Å²) < 4.78 is 0.656. The van der Waals surface area contributed by atoms with Gasteiger partial charge in [0.2, 0.25) is 0 Å². The molecule has 0 radical (unpaired) electrons. The fourth-order valence-corrected chi connectivity index (χ4v) is 1.33. The average Bonchev–Trinajstić information content (AvgIpc) is 2.53. The van der Waals surface area contributed by atoms with Gasteiger partial charge in [0.15, 0.2) is 10.6 Å². The van der Waals surface area contributed by atoms with Gasteiger partial charge in [0.25, 0.3) is 0 Å². The summed E-state index contributed by atoms with van der Waals surface area (Å²) in [5.41, 5.74) is 2.26. The number of nitrogens with one attached hydrogen (secondary N) is 1. The second-order valence-corrected chi connectivity index (χ2v) is 3.57.